The van der Waals surface area contributed by atoms with E-state index in [2.05, 4.69) is 72.2 Å². The number of likely N-dealkylation sites (tertiary alicyclic amines) is 1. The van der Waals surface area contributed by atoms with Crippen molar-refractivity contribution in [2.75, 3.05) is 79.3 Å². The topological polar surface area (TPSA) is 173 Å². The van der Waals surface area contributed by atoms with Gasteiger partial charge >= 0.3 is 12.1 Å². The number of benzene rings is 2. The highest BCUT2D eigenvalue weighted by molar-refractivity contribution is 6.06. The summed E-state index contributed by atoms with van der Waals surface area (Å²) in [5.74, 6) is 0.314. The molecule has 0 radical (unpaired) electrons. The molecule has 2 aromatic carbocycles. The van der Waals surface area contributed by atoms with Crippen LogP contribution in [0.4, 0.5) is 32.5 Å². The number of nitrogens with one attached hydrogen (secondary N) is 1. The molecule has 0 saturated carbocycles. The fraction of sp³-hybridized carbons (Fsp3) is 0.422. The number of piperazine rings is 2. The number of aromatic nitrogens is 4. The van der Waals surface area contributed by atoms with Crippen LogP contribution in [0.5, 0.6) is 5.75 Å². The average Bonchev–Trinajstić information content (AvgIpc) is 3.75. The molecule has 2 unspecified atom stereocenters. The number of piperidine rings is 1. The normalized spacial score (nSPS) is 21.4. The predicted octanol–water partition coefficient (Wildman–Crippen LogP) is 4.97. The summed E-state index contributed by atoms with van der Waals surface area (Å²) >= 11 is 0. The smallest absolute Gasteiger partial charge is 0.328 e. The number of fused-ring (bicyclic) bond motifs is 3. The van der Waals surface area contributed by atoms with Crippen LogP contribution in [0.1, 0.15) is 49.3 Å². The molecule has 5 saturated heterocycles. The second kappa shape index (κ2) is 15.9. The van der Waals surface area contributed by atoms with Crippen LogP contribution < -0.4 is 25.8 Å². The number of aryl methyl sites for hydroxylation is 1. The van der Waals surface area contributed by atoms with Gasteiger partial charge in [-0.05, 0) is 80.1 Å². The summed E-state index contributed by atoms with van der Waals surface area (Å²) in [5, 5.41) is 22.4. The number of phenolic OH excluding ortho intramolecular Hbond substituents is 1. The Morgan fingerprint density at radius 3 is 2.34 bits per heavy atom. The van der Waals surface area contributed by atoms with E-state index in [0.717, 1.165) is 80.7 Å². The zero-order chi connectivity index (χ0) is 41.8. The number of urea groups is 2. The van der Waals surface area contributed by atoms with E-state index in [0.29, 0.717) is 67.6 Å². The first-order chi connectivity index (χ1) is 29.7. The maximum absolute atomic E-state index is 13.8. The molecule has 4 N–H and O–H groups in total. The lowest BCUT2D eigenvalue weighted by molar-refractivity contribution is -0.120. The quantitative estimate of drug-likeness (QED) is 0.203. The zero-order valence-electron chi connectivity index (χ0n) is 34.5. The third-order valence-electron chi connectivity index (χ3n) is 13.4. The van der Waals surface area contributed by atoms with E-state index in [1.165, 1.54) is 11.3 Å². The molecular weight excluding hydrogens is 773 g/mol. The van der Waals surface area contributed by atoms with Crippen molar-refractivity contribution in [2.24, 2.45) is 0 Å². The largest absolute Gasteiger partial charge is 0.507 e. The predicted molar refractivity (Wildman–Crippen MR) is 234 cm³/mol. The van der Waals surface area contributed by atoms with Gasteiger partial charge in [-0.2, -0.15) is 0 Å². The van der Waals surface area contributed by atoms with E-state index < -0.39 is 6.03 Å². The summed E-state index contributed by atoms with van der Waals surface area (Å²) < 4.78 is 2.24. The van der Waals surface area contributed by atoms with Crippen molar-refractivity contribution in [2.45, 2.75) is 63.7 Å². The van der Waals surface area contributed by atoms with E-state index in [1.807, 2.05) is 34.1 Å². The molecule has 10 rings (SSSR count). The van der Waals surface area contributed by atoms with E-state index >= 15 is 0 Å². The standard InChI is InChI=1S/C45H52N12O4/c1-29-25-56(43-37(29)22-35(24-47-43)55-16-13-41(59)48-44(55)60)31-11-14-52(15-12-31)45(61)53-19-17-51(18-20-53)26-30-5-4-6-32(21-30)57-33-9-10-34(57)28-54(27-33)39-23-38(49-50-42(39)46)36-7-2-3-8-40(36)58/h2-8,21-25,31,33-34,58H,9-20,26-28H2,1H3,(H2,46,50)(H,48,59,60). The van der Waals surface area contributed by atoms with Crippen molar-refractivity contribution < 1.29 is 19.5 Å². The van der Waals surface area contributed by atoms with Gasteiger partial charge < -0.3 is 35.0 Å². The highest BCUT2D eigenvalue weighted by atomic mass is 16.3. The number of anilines is 4. The van der Waals surface area contributed by atoms with Crippen molar-refractivity contribution in [3.8, 4) is 17.0 Å². The number of carbonyl (C=O) groups excluding carboxylic acids is 3. The molecule has 5 aromatic rings. The number of amides is 5. The molecule has 2 bridgehead atoms. The van der Waals surface area contributed by atoms with Gasteiger partial charge in [0.25, 0.3) is 0 Å². The summed E-state index contributed by atoms with van der Waals surface area (Å²) in [4.78, 5) is 55.6. The minimum absolute atomic E-state index is 0.128. The van der Waals surface area contributed by atoms with Gasteiger partial charge in [-0.15, -0.1) is 10.2 Å². The summed E-state index contributed by atoms with van der Waals surface area (Å²) in [5.41, 5.74) is 13.7. The number of nitrogens with zero attached hydrogens (tertiary/aromatic N) is 10. The second-order valence-electron chi connectivity index (χ2n) is 17.2. The Balaban J connectivity index is 0.722. The molecule has 16 nitrogen and oxygen atoms in total. The maximum Gasteiger partial charge on any atom is 0.328 e. The van der Waals surface area contributed by atoms with Crippen molar-refractivity contribution in [1.29, 1.82) is 0 Å². The molecule has 5 aliphatic heterocycles. The van der Waals surface area contributed by atoms with Crippen LogP contribution in [0.15, 0.2) is 73.1 Å². The molecule has 16 heteroatoms. The first kappa shape index (κ1) is 38.8. The van der Waals surface area contributed by atoms with Gasteiger partial charge in [0.15, 0.2) is 5.82 Å². The van der Waals surface area contributed by atoms with Crippen molar-refractivity contribution >= 4 is 51.9 Å². The number of phenols is 1. The second-order valence-corrected chi connectivity index (χ2v) is 17.2. The minimum atomic E-state index is -0.415. The molecule has 61 heavy (non-hydrogen) atoms. The van der Waals surface area contributed by atoms with E-state index in [1.54, 1.807) is 23.2 Å². The van der Waals surface area contributed by atoms with Crippen LogP contribution >= 0.6 is 0 Å². The Morgan fingerprint density at radius 1 is 0.836 bits per heavy atom. The zero-order valence-corrected chi connectivity index (χ0v) is 34.5. The average molecular weight is 825 g/mol. The van der Waals surface area contributed by atoms with Gasteiger partial charge in [-0.1, -0.05) is 24.3 Å². The molecule has 0 aliphatic carbocycles. The Kier molecular flexibility index (Phi) is 10.1. The number of imide groups is 1. The Bertz CT molecular complexity index is 2480. The van der Waals surface area contributed by atoms with E-state index in [-0.39, 0.29) is 30.2 Å². The SMILES string of the molecule is Cc1cn(C2CCN(C(=O)N3CCN(Cc4cccc(N5C6CCC5CN(c5cc(-c7ccccc7O)nnc5N)C6)c4)CC3)CC2)c2ncc(N3CCC(=O)NC3=O)cc12. The number of hydrogen-bond acceptors (Lipinski definition) is 11. The Labute approximate surface area is 354 Å². The molecule has 3 aromatic heterocycles. The first-order valence-corrected chi connectivity index (χ1v) is 21.6. The fourth-order valence-corrected chi connectivity index (χ4v) is 10.2. The summed E-state index contributed by atoms with van der Waals surface area (Å²) in [7, 11) is 0. The van der Waals surface area contributed by atoms with E-state index in [9.17, 15) is 19.5 Å². The van der Waals surface area contributed by atoms with Crippen LogP contribution in [0.25, 0.3) is 22.3 Å². The van der Waals surface area contributed by atoms with Crippen LogP contribution in [0.3, 0.4) is 0 Å². The van der Waals surface area contributed by atoms with Gasteiger partial charge in [-0.25, -0.2) is 14.6 Å². The van der Waals surface area contributed by atoms with Crippen LogP contribution in [-0.4, -0.2) is 129 Å². The van der Waals surface area contributed by atoms with Gasteiger partial charge in [0, 0.05) is 113 Å². The highest BCUT2D eigenvalue weighted by Gasteiger charge is 2.41. The third kappa shape index (κ3) is 7.42. The number of nitrogen functional groups attached to an aromatic ring is 1. The number of pyridine rings is 1. The molecule has 5 fully saturated rings. The molecule has 0 spiro atoms. The van der Waals surface area contributed by atoms with Gasteiger partial charge in [-0.3, -0.25) is 19.9 Å². The van der Waals surface area contributed by atoms with Gasteiger partial charge in [0.05, 0.1) is 23.3 Å². The molecular formula is C45H52N12O4. The summed E-state index contributed by atoms with van der Waals surface area (Å²) in [6, 6.07) is 20.7. The Hall–Kier alpha value is -6.42. The maximum atomic E-state index is 13.8. The number of para-hydroxylation sites is 1. The summed E-state index contributed by atoms with van der Waals surface area (Å²) in [6.45, 7) is 9.36. The minimum Gasteiger partial charge on any atom is -0.507 e. The monoisotopic (exact) mass is 824 g/mol. The lowest BCUT2D eigenvalue weighted by Gasteiger charge is -2.44. The first-order valence-electron chi connectivity index (χ1n) is 21.6. The molecule has 2 atom stereocenters. The van der Waals surface area contributed by atoms with Crippen LogP contribution in [0, 0.1) is 6.92 Å². The van der Waals surface area contributed by atoms with Crippen LogP contribution in [-0.2, 0) is 11.3 Å². The van der Waals surface area contributed by atoms with E-state index in [4.69, 9.17) is 10.7 Å². The summed E-state index contributed by atoms with van der Waals surface area (Å²) in [6.07, 6.45) is 8.02. The molecule has 316 valence electrons. The lowest BCUT2D eigenvalue weighted by Crippen LogP contribution is -2.54. The Morgan fingerprint density at radius 2 is 1.59 bits per heavy atom. The van der Waals surface area contributed by atoms with Crippen molar-refractivity contribution in [3.05, 3.63) is 84.2 Å². The molecule has 5 amide bonds. The lowest BCUT2D eigenvalue weighted by atomic mass is 10.1. The number of hydrogen-bond donors (Lipinski definition) is 3. The van der Waals surface area contributed by atoms with Gasteiger partial charge in [0.1, 0.15) is 11.4 Å². The molecule has 8 heterocycles. The van der Waals surface area contributed by atoms with Crippen LogP contribution in [0.2, 0.25) is 0 Å². The fourth-order valence-electron chi connectivity index (χ4n) is 10.2. The number of rotatable bonds is 7. The molecule has 5 aliphatic rings. The van der Waals surface area contributed by atoms with Crippen molar-refractivity contribution in [3.63, 3.8) is 0 Å². The number of aromatic hydroxyl groups is 1. The highest BCUT2D eigenvalue weighted by Crippen LogP contribution is 2.39. The third-order valence-corrected chi connectivity index (χ3v) is 13.4. The number of nitrogens with two attached hydrogens (primary N) is 1. The van der Waals surface area contributed by atoms with Gasteiger partial charge in [0.2, 0.25) is 5.91 Å². The number of carbonyl (C=O) groups is 3. The van der Waals surface area contributed by atoms with Crippen molar-refractivity contribution in [1.82, 2.24) is 39.8 Å².